The largest absolute Gasteiger partial charge is 0.322 e. The van der Waals surface area contributed by atoms with Gasteiger partial charge in [-0.1, -0.05) is 13.5 Å². The molecule has 0 saturated heterocycles. The zero-order chi connectivity index (χ0) is 9.45. The maximum absolute atomic E-state index is 3.80. The summed E-state index contributed by atoms with van der Waals surface area (Å²) in [5.74, 6) is 0. The molecule has 0 aromatic heterocycles. The Bertz CT molecular complexity index is 123. The number of nitrogens with zero attached hydrogens (tertiary/aromatic N) is 1. The number of likely N-dealkylation sites (N-methyl/N-ethyl adjacent to an activating group) is 2. The normalized spacial score (nSPS) is 15.6. The van der Waals surface area contributed by atoms with Crippen molar-refractivity contribution in [2.24, 2.45) is 0 Å². The van der Waals surface area contributed by atoms with Crippen LogP contribution in [0.5, 0.6) is 0 Å². The highest BCUT2D eigenvalue weighted by Gasteiger charge is 2.16. The Morgan fingerprint density at radius 1 is 1.42 bits per heavy atom. The highest BCUT2D eigenvalue weighted by Crippen LogP contribution is 2.02. The Morgan fingerprint density at radius 3 is 2.50 bits per heavy atom. The van der Waals surface area contributed by atoms with Crippen LogP contribution in [0.15, 0.2) is 12.7 Å². The summed E-state index contributed by atoms with van der Waals surface area (Å²) in [4.78, 5) is 0. The molecular weight excluding hydrogens is 148 g/mol. The Hall–Kier alpha value is -0.340. The summed E-state index contributed by atoms with van der Waals surface area (Å²) < 4.78 is 1.11. The summed E-state index contributed by atoms with van der Waals surface area (Å²) in [5, 5.41) is 3.19. The quantitative estimate of drug-likeness (QED) is 0.449. The maximum atomic E-state index is 3.80. The van der Waals surface area contributed by atoms with Gasteiger partial charge < -0.3 is 9.80 Å². The minimum absolute atomic E-state index is 1.08. The van der Waals surface area contributed by atoms with Gasteiger partial charge in [-0.3, -0.25) is 0 Å². The Morgan fingerprint density at radius 2 is 2.08 bits per heavy atom. The van der Waals surface area contributed by atoms with Gasteiger partial charge >= 0.3 is 0 Å². The molecule has 0 aliphatic rings. The van der Waals surface area contributed by atoms with Gasteiger partial charge in [-0.05, 0) is 19.5 Å². The molecule has 0 fully saturated rings. The SMILES string of the molecule is C=CC[N+](C)(CCC)CCNC. The molecule has 0 bridgehead atoms. The van der Waals surface area contributed by atoms with Gasteiger partial charge in [0, 0.05) is 6.54 Å². The molecule has 1 N–H and O–H groups in total. The Balaban J connectivity index is 3.88. The van der Waals surface area contributed by atoms with E-state index >= 15 is 0 Å². The highest BCUT2D eigenvalue weighted by atomic mass is 15.3. The molecule has 0 saturated carbocycles. The smallest absolute Gasteiger partial charge is 0.0969 e. The third-order valence-corrected chi connectivity index (χ3v) is 2.23. The van der Waals surface area contributed by atoms with Crippen LogP contribution in [0.25, 0.3) is 0 Å². The van der Waals surface area contributed by atoms with Crippen LogP contribution in [0.4, 0.5) is 0 Å². The second kappa shape index (κ2) is 6.21. The zero-order valence-electron chi connectivity index (χ0n) is 8.77. The molecule has 0 radical (unpaired) electrons. The number of nitrogens with one attached hydrogen (secondary N) is 1. The van der Waals surface area contributed by atoms with E-state index in [1.165, 1.54) is 19.5 Å². The van der Waals surface area contributed by atoms with E-state index in [1.54, 1.807) is 0 Å². The summed E-state index contributed by atoms with van der Waals surface area (Å²) in [5.41, 5.74) is 0. The molecule has 0 aliphatic heterocycles. The summed E-state index contributed by atoms with van der Waals surface area (Å²) >= 11 is 0. The summed E-state index contributed by atoms with van der Waals surface area (Å²) in [6.07, 6.45) is 3.26. The van der Waals surface area contributed by atoms with Crippen LogP contribution in [-0.4, -0.2) is 44.8 Å². The molecule has 72 valence electrons. The minimum Gasteiger partial charge on any atom is -0.322 e. The van der Waals surface area contributed by atoms with Crippen LogP contribution in [0.3, 0.4) is 0 Å². The second-order valence-electron chi connectivity index (χ2n) is 3.64. The number of hydrogen-bond acceptors (Lipinski definition) is 1. The van der Waals surface area contributed by atoms with Gasteiger partial charge in [0.25, 0.3) is 0 Å². The average molecular weight is 171 g/mol. The predicted molar refractivity (Wildman–Crippen MR) is 55.2 cm³/mol. The van der Waals surface area contributed by atoms with Gasteiger partial charge in [0.05, 0.1) is 26.7 Å². The monoisotopic (exact) mass is 171 g/mol. The van der Waals surface area contributed by atoms with Crippen molar-refractivity contribution in [2.75, 3.05) is 40.3 Å². The first-order valence-corrected chi connectivity index (χ1v) is 4.77. The van der Waals surface area contributed by atoms with E-state index in [0.717, 1.165) is 17.6 Å². The van der Waals surface area contributed by atoms with E-state index < -0.39 is 0 Å². The molecule has 0 rings (SSSR count). The van der Waals surface area contributed by atoms with E-state index in [0.29, 0.717) is 0 Å². The van der Waals surface area contributed by atoms with Crippen molar-refractivity contribution in [3.05, 3.63) is 12.7 Å². The van der Waals surface area contributed by atoms with Crippen molar-refractivity contribution >= 4 is 0 Å². The van der Waals surface area contributed by atoms with Crippen LogP contribution >= 0.6 is 0 Å². The lowest BCUT2D eigenvalue weighted by atomic mass is 10.3. The molecular formula is C10H23N2+. The van der Waals surface area contributed by atoms with Crippen LogP contribution in [0.1, 0.15) is 13.3 Å². The predicted octanol–water partition coefficient (Wildman–Crippen LogP) is 1.25. The molecule has 0 amide bonds. The molecule has 0 aromatic carbocycles. The van der Waals surface area contributed by atoms with Gasteiger partial charge in [0.1, 0.15) is 0 Å². The van der Waals surface area contributed by atoms with Crippen molar-refractivity contribution in [3.63, 3.8) is 0 Å². The fourth-order valence-electron chi connectivity index (χ4n) is 1.53. The fourth-order valence-corrected chi connectivity index (χ4v) is 1.53. The molecule has 0 spiro atoms. The first-order valence-electron chi connectivity index (χ1n) is 4.77. The van der Waals surface area contributed by atoms with Gasteiger partial charge in [0.2, 0.25) is 0 Å². The van der Waals surface area contributed by atoms with Gasteiger partial charge in [0.15, 0.2) is 0 Å². The number of hydrogen-bond donors (Lipinski definition) is 1. The Kier molecular flexibility index (Phi) is 6.03. The van der Waals surface area contributed by atoms with Crippen molar-refractivity contribution < 1.29 is 4.48 Å². The molecule has 2 heteroatoms. The van der Waals surface area contributed by atoms with Crippen molar-refractivity contribution in [3.8, 4) is 0 Å². The van der Waals surface area contributed by atoms with Crippen molar-refractivity contribution in [2.45, 2.75) is 13.3 Å². The third-order valence-electron chi connectivity index (χ3n) is 2.23. The third kappa shape index (κ3) is 4.52. The molecule has 12 heavy (non-hydrogen) atoms. The van der Waals surface area contributed by atoms with E-state index in [4.69, 9.17) is 0 Å². The van der Waals surface area contributed by atoms with E-state index in [2.05, 4.69) is 25.9 Å². The van der Waals surface area contributed by atoms with Crippen molar-refractivity contribution in [1.82, 2.24) is 5.32 Å². The first kappa shape index (κ1) is 11.7. The molecule has 1 unspecified atom stereocenters. The maximum Gasteiger partial charge on any atom is 0.0969 e. The molecule has 0 aliphatic carbocycles. The summed E-state index contributed by atoms with van der Waals surface area (Å²) in [6.45, 7) is 10.6. The lowest BCUT2D eigenvalue weighted by Gasteiger charge is -2.33. The Labute approximate surface area is 76.9 Å². The van der Waals surface area contributed by atoms with Crippen LogP contribution < -0.4 is 5.32 Å². The zero-order valence-corrected chi connectivity index (χ0v) is 8.77. The number of quaternary nitrogens is 1. The second-order valence-corrected chi connectivity index (χ2v) is 3.64. The lowest BCUT2D eigenvalue weighted by Crippen LogP contribution is -2.48. The first-order chi connectivity index (χ1) is 5.68. The minimum atomic E-state index is 1.08. The molecule has 2 nitrogen and oxygen atoms in total. The average Bonchev–Trinajstić information content (AvgIpc) is 2.02. The van der Waals surface area contributed by atoms with Gasteiger partial charge in [-0.15, -0.1) is 0 Å². The van der Waals surface area contributed by atoms with Gasteiger partial charge in [-0.2, -0.15) is 0 Å². The lowest BCUT2D eigenvalue weighted by molar-refractivity contribution is -0.902. The fraction of sp³-hybridized carbons (Fsp3) is 0.800. The standard InChI is InChI=1S/C10H23N2/c1-5-8-12(4,9-6-2)10-7-11-3/h5,11H,1,6-10H2,2-4H3/q+1. The topological polar surface area (TPSA) is 12.0 Å². The van der Waals surface area contributed by atoms with Crippen molar-refractivity contribution in [1.29, 1.82) is 0 Å². The van der Waals surface area contributed by atoms with Crippen LogP contribution in [-0.2, 0) is 0 Å². The van der Waals surface area contributed by atoms with Crippen LogP contribution in [0, 0.1) is 0 Å². The molecule has 0 aromatic rings. The summed E-state index contributed by atoms with van der Waals surface area (Å²) in [6, 6.07) is 0. The van der Waals surface area contributed by atoms with E-state index in [-0.39, 0.29) is 0 Å². The molecule has 0 heterocycles. The van der Waals surface area contributed by atoms with E-state index in [9.17, 15) is 0 Å². The highest BCUT2D eigenvalue weighted by molar-refractivity contribution is 4.65. The van der Waals surface area contributed by atoms with E-state index in [1.807, 2.05) is 13.1 Å². The molecule has 1 atom stereocenters. The summed E-state index contributed by atoms with van der Waals surface area (Å²) in [7, 11) is 4.30. The number of rotatable bonds is 7. The van der Waals surface area contributed by atoms with Gasteiger partial charge in [-0.25, -0.2) is 0 Å². The van der Waals surface area contributed by atoms with Crippen LogP contribution in [0.2, 0.25) is 0 Å².